The van der Waals surface area contributed by atoms with Crippen molar-refractivity contribution in [2.75, 3.05) is 26.3 Å². The Morgan fingerprint density at radius 3 is 3.08 bits per heavy atom. The molecule has 1 aliphatic rings. The first-order valence-corrected chi connectivity index (χ1v) is 8.94. The van der Waals surface area contributed by atoms with Crippen molar-refractivity contribution in [2.45, 2.75) is 38.8 Å². The number of aryl methyl sites for hydroxylation is 2. The maximum Gasteiger partial charge on any atom is 0.318 e. The molecule has 0 saturated carbocycles. The highest BCUT2D eigenvalue weighted by molar-refractivity contribution is 5.74. The van der Waals surface area contributed by atoms with Gasteiger partial charge in [-0.25, -0.2) is 9.78 Å². The van der Waals surface area contributed by atoms with Crippen LogP contribution in [0.4, 0.5) is 4.79 Å². The molecule has 7 nitrogen and oxygen atoms in total. The van der Waals surface area contributed by atoms with Gasteiger partial charge in [0.25, 0.3) is 0 Å². The second-order valence-corrected chi connectivity index (χ2v) is 6.18. The Balaban J connectivity index is 1.47. The average molecular weight is 346 g/mol. The van der Waals surface area contributed by atoms with E-state index in [1.54, 1.807) is 6.20 Å². The smallest absolute Gasteiger partial charge is 0.318 e. The zero-order chi connectivity index (χ0) is 17.5. The number of aromatic nitrogens is 2. The lowest BCUT2D eigenvalue weighted by molar-refractivity contribution is 0.00401. The minimum atomic E-state index is -0.153. The van der Waals surface area contributed by atoms with E-state index in [0.29, 0.717) is 26.3 Å². The summed E-state index contributed by atoms with van der Waals surface area (Å²) in [7, 11) is 0. The third-order valence-electron chi connectivity index (χ3n) is 4.43. The fourth-order valence-electron chi connectivity index (χ4n) is 2.98. The quantitative estimate of drug-likeness (QED) is 0.782. The predicted molar refractivity (Wildman–Crippen MR) is 93.2 cm³/mol. The van der Waals surface area contributed by atoms with Crippen LogP contribution in [-0.4, -0.2) is 46.8 Å². The van der Waals surface area contributed by atoms with Crippen molar-refractivity contribution < 1.29 is 13.9 Å². The molecule has 1 aliphatic heterocycles. The molecule has 136 valence electrons. The van der Waals surface area contributed by atoms with Crippen LogP contribution in [0.25, 0.3) is 0 Å². The molecule has 0 aliphatic carbocycles. The summed E-state index contributed by atoms with van der Waals surface area (Å²) in [6.07, 6.45) is 8.31. The van der Waals surface area contributed by atoms with E-state index in [-0.39, 0.29) is 12.1 Å². The Kier molecular flexibility index (Phi) is 6.11. The summed E-state index contributed by atoms with van der Waals surface area (Å²) in [5.41, 5.74) is 0. The molecule has 3 heterocycles. The molecule has 1 fully saturated rings. The molecule has 2 aromatic heterocycles. The SMILES string of the molecule is CCc1ccc(C2COCCN2C(=O)NCCCCn2ccnc2)o1. The Bertz CT molecular complexity index is 653. The topological polar surface area (TPSA) is 72.5 Å². The average Bonchev–Trinajstić information content (AvgIpc) is 3.33. The van der Waals surface area contributed by atoms with Gasteiger partial charge in [-0.1, -0.05) is 6.92 Å². The monoisotopic (exact) mass is 346 g/mol. The molecule has 2 amide bonds. The number of nitrogens with one attached hydrogen (secondary N) is 1. The fourth-order valence-corrected chi connectivity index (χ4v) is 2.98. The van der Waals surface area contributed by atoms with Crippen molar-refractivity contribution in [3.8, 4) is 0 Å². The Morgan fingerprint density at radius 1 is 1.40 bits per heavy atom. The minimum Gasteiger partial charge on any atom is -0.464 e. The zero-order valence-electron chi connectivity index (χ0n) is 14.7. The molecule has 25 heavy (non-hydrogen) atoms. The maximum atomic E-state index is 12.6. The third-order valence-corrected chi connectivity index (χ3v) is 4.43. The Morgan fingerprint density at radius 2 is 2.32 bits per heavy atom. The number of rotatable bonds is 7. The first-order chi connectivity index (χ1) is 12.3. The fraction of sp³-hybridized carbons (Fsp3) is 0.556. The van der Waals surface area contributed by atoms with Crippen molar-refractivity contribution in [3.63, 3.8) is 0 Å². The molecule has 1 unspecified atom stereocenters. The largest absolute Gasteiger partial charge is 0.464 e. The van der Waals surface area contributed by atoms with Crippen LogP contribution < -0.4 is 5.32 Å². The number of nitrogens with zero attached hydrogens (tertiary/aromatic N) is 3. The van der Waals surface area contributed by atoms with Crippen LogP contribution >= 0.6 is 0 Å². The van der Waals surface area contributed by atoms with Crippen molar-refractivity contribution in [1.29, 1.82) is 0 Å². The van der Waals surface area contributed by atoms with E-state index in [1.807, 2.05) is 41.0 Å². The first kappa shape index (κ1) is 17.5. The molecular formula is C18H26N4O3. The summed E-state index contributed by atoms with van der Waals surface area (Å²) in [4.78, 5) is 18.4. The number of carbonyl (C=O) groups is 1. The molecule has 0 radical (unpaired) electrons. The van der Waals surface area contributed by atoms with E-state index >= 15 is 0 Å². The van der Waals surface area contributed by atoms with Crippen molar-refractivity contribution >= 4 is 6.03 Å². The van der Waals surface area contributed by atoms with Gasteiger partial charge in [0, 0.05) is 38.4 Å². The molecule has 1 saturated heterocycles. The van der Waals surface area contributed by atoms with E-state index in [4.69, 9.17) is 9.15 Å². The van der Waals surface area contributed by atoms with Gasteiger partial charge in [-0.15, -0.1) is 0 Å². The number of imidazole rings is 1. The molecule has 2 aromatic rings. The van der Waals surface area contributed by atoms with E-state index in [1.165, 1.54) is 0 Å². The number of urea groups is 1. The number of morpholine rings is 1. The van der Waals surface area contributed by atoms with E-state index in [0.717, 1.165) is 37.3 Å². The van der Waals surface area contributed by atoms with Crippen LogP contribution in [0.15, 0.2) is 35.3 Å². The summed E-state index contributed by atoms with van der Waals surface area (Å²) in [6.45, 7) is 5.25. The number of ether oxygens (including phenoxy) is 1. The van der Waals surface area contributed by atoms with Crippen molar-refractivity contribution in [1.82, 2.24) is 19.8 Å². The lowest BCUT2D eigenvalue weighted by Crippen LogP contribution is -2.48. The second-order valence-electron chi connectivity index (χ2n) is 6.18. The molecule has 0 spiro atoms. The maximum absolute atomic E-state index is 12.6. The molecule has 7 heteroatoms. The summed E-state index contributed by atoms with van der Waals surface area (Å²) < 4.78 is 13.4. The summed E-state index contributed by atoms with van der Waals surface area (Å²) in [5.74, 6) is 1.73. The van der Waals surface area contributed by atoms with Crippen LogP contribution in [-0.2, 0) is 17.7 Å². The highest BCUT2D eigenvalue weighted by Gasteiger charge is 2.30. The molecule has 1 N–H and O–H groups in total. The molecule has 0 aromatic carbocycles. The van der Waals surface area contributed by atoms with Crippen molar-refractivity contribution in [2.24, 2.45) is 0 Å². The summed E-state index contributed by atoms with van der Waals surface area (Å²) in [5, 5.41) is 3.02. The summed E-state index contributed by atoms with van der Waals surface area (Å²) in [6, 6.07) is 3.71. The van der Waals surface area contributed by atoms with E-state index in [9.17, 15) is 4.79 Å². The third kappa shape index (κ3) is 4.63. The first-order valence-electron chi connectivity index (χ1n) is 8.94. The second kappa shape index (κ2) is 8.71. The number of carbonyl (C=O) groups excluding carboxylic acids is 1. The summed E-state index contributed by atoms with van der Waals surface area (Å²) >= 11 is 0. The molecule has 0 bridgehead atoms. The van der Waals surface area contributed by atoms with Gasteiger partial charge in [-0.2, -0.15) is 0 Å². The number of unbranched alkanes of at least 4 members (excludes halogenated alkanes) is 1. The molecular weight excluding hydrogens is 320 g/mol. The van der Waals surface area contributed by atoms with Crippen LogP contribution in [0.5, 0.6) is 0 Å². The number of amides is 2. The van der Waals surface area contributed by atoms with E-state index < -0.39 is 0 Å². The van der Waals surface area contributed by atoms with Gasteiger partial charge in [-0.3, -0.25) is 0 Å². The Hall–Kier alpha value is -2.28. The standard InChI is InChI=1S/C18H26N4O3/c1-2-15-5-6-17(25-15)16-13-24-12-11-22(16)18(23)20-7-3-4-9-21-10-8-19-14-21/h5-6,8,10,14,16H,2-4,7,9,11-13H2,1H3,(H,20,23). The number of hydrogen-bond acceptors (Lipinski definition) is 4. The van der Waals surface area contributed by atoms with Gasteiger partial charge >= 0.3 is 6.03 Å². The van der Waals surface area contributed by atoms with Crippen LogP contribution in [0.3, 0.4) is 0 Å². The van der Waals surface area contributed by atoms with Gasteiger partial charge in [0.2, 0.25) is 0 Å². The van der Waals surface area contributed by atoms with Crippen LogP contribution in [0.2, 0.25) is 0 Å². The Labute approximate surface area is 148 Å². The van der Waals surface area contributed by atoms with Crippen LogP contribution in [0.1, 0.15) is 37.3 Å². The van der Waals surface area contributed by atoms with Gasteiger partial charge in [0.05, 0.1) is 19.5 Å². The zero-order valence-corrected chi connectivity index (χ0v) is 14.7. The van der Waals surface area contributed by atoms with Crippen molar-refractivity contribution in [3.05, 3.63) is 42.4 Å². The minimum absolute atomic E-state index is 0.0506. The number of furan rings is 1. The van der Waals surface area contributed by atoms with Gasteiger partial charge < -0.3 is 23.9 Å². The lowest BCUT2D eigenvalue weighted by atomic mass is 10.2. The molecule has 3 rings (SSSR count). The normalized spacial score (nSPS) is 17.6. The van der Waals surface area contributed by atoms with Gasteiger partial charge in [0.1, 0.15) is 17.6 Å². The molecule has 1 atom stereocenters. The highest BCUT2D eigenvalue weighted by Crippen LogP contribution is 2.26. The van der Waals surface area contributed by atoms with Crippen LogP contribution in [0, 0.1) is 0 Å². The predicted octanol–water partition coefficient (Wildman–Crippen LogP) is 2.60. The van der Waals surface area contributed by atoms with Gasteiger partial charge in [-0.05, 0) is 25.0 Å². The van der Waals surface area contributed by atoms with E-state index in [2.05, 4.69) is 10.3 Å². The van der Waals surface area contributed by atoms with Gasteiger partial charge in [0.15, 0.2) is 0 Å². The lowest BCUT2D eigenvalue weighted by Gasteiger charge is -2.34. The number of hydrogen-bond donors (Lipinski definition) is 1. The highest BCUT2D eigenvalue weighted by atomic mass is 16.5.